The maximum absolute atomic E-state index is 12.8. The smallest absolute Gasteiger partial charge is 0.339 e. The van der Waals surface area contributed by atoms with Gasteiger partial charge >= 0.3 is 11.9 Å². The SMILES string of the molecule is C#Cc1cc(C(=O)OC(C)CCCCCCC)c(C#C)cc1C(=O)OC(C)CCCCCCC. The zero-order valence-electron chi connectivity index (χ0n) is 21.6. The van der Waals surface area contributed by atoms with Crippen molar-refractivity contribution < 1.29 is 19.1 Å². The van der Waals surface area contributed by atoms with Crippen LogP contribution in [0, 0.1) is 24.7 Å². The molecule has 34 heavy (non-hydrogen) atoms. The number of hydrogen-bond acceptors (Lipinski definition) is 4. The van der Waals surface area contributed by atoms with Gasteiger partial charge in [0.15, 0.2) is 0 Å². The van der Waals surface area contributed by atoms with Crippen LogP contribution in [-0.4, -0.2) is 24.1 Å². The summed E-state index contributed by atoms with van der Waals surface area (Å²) in [6.07, 6.45) is 23.9. The summed E-state index contributed by atoms with van der Waals surface area (Å²) in [7, 11) is 0. The van der Waals surface area contributed by atoms with E-state index in [0.29, 0.717) is 0 Å². The van der Waals surface area contributed by atoms with Crippen molar-refractivity contribution in [2.24, 2.45) is 0 Å². The first kappa shape index (κ1) is 29.3. The second-order valence-electron chi connectivity index (χ2n) is 9.07. The lowest BCUT2D eigenvalue weighted by Crippen LogP contribution is -2.19. The second kappa shape index (κ2) is 16.8. The molecule has 0 amide bonds. The van der Waals surface area contributed by atoms with E-state index in [1.165, 1.54) is 50.7 Å². The van der Waals surface area contributed by atoms with Crippen molar-refractivity contribution in [1.82, 2.24) is 0 Å². The summed E-state index contributed by atoms with van der Waals surface area (Å²) >= 11 is 0. The molecule has 186 valence electrons. The second-order valence-corrected chi connectivity index (χ2v) is 9.07. The molecule has 0 saturated carbocycles. The lowest BCUT2D eigenvalue weighted by molar-refractivity contribution is 0.0303. The molecule has 0 bridgehead atoms. The van der Waals surface area contributed by atoms with Crippen molar-refractivity contribution in [2.45, 2.75) is 117 Å². The number of hydrogen-bond donors (Lipinski definition) is 0. The summed E-state index contributed by atoms with van der Waals surface area (Å²) in [6.45, 7) is 8.12. The Labute approximate surface area is 207 Å². The summed E-state index contributed by atoms with van der Waals surface area (Å²) in [4.78, 5) is 25.6. The van der Waals surface area contributed by atoms with Gasteiger partial charge in [0, 0.05) is 11.1 Å². The normalized spacial score (nSPS) is 12.3. The van der Waals surface area contributed by atoms with Gasteiger partial charge in [-0.15, -0.1) is 12.8 Å². The average molecular weight is 467 g/mol. The Kier molecular flexibility index (Phi) is 14.5. The number of esters is 2. The minimum absolute atomic E-state index is 0.203. The first-order valence-corrected chi connectivity index (χ1v) is 12.9. The predicted molar refractivity (Wildman–Crippen MR) is 139 cm³/mol. The molecular formula is C30H42O4. The molecule has 1 aromatic carbocycles. The molecule has 0 aliphatic carbocycles. The van der Waals surface area contributed by atoms with E-state index < -0.39 is 11.9 Å². The third-order valence-corrected chi connectivity index (χ3v) is 5.95. The Bertz CT molecular complexity index is 784. The summed E-state index contributed by atoms with van der Waals surface area (Å²) < 4.78 is 11.2. The fourth-order valence-electron chi connectivity index (χ4n) is 3.86. The van der Waals surface area contributed by atoms with Crippen molar-refractivity contribution in [3.8, 4) is 24.7 Å². The first-order valence-electron chi connectivity index (χ1n) is 12.9. The molecule has 0 aromatic heterocycles. The van der Waals surface area contributed by atoms with Crippen LogP contribution in [0.25, 0.3) is 0 Å². The van der Waals surface area contributed by atoms with Gasteiger partial charge in [0.1, 0.15) is 0 Å². The number of rotatable bonds is 16. The van der Waals surface area contributed by atoms with Gasteiger partial charge in [-0.05, 0) is 51.7 Å². The zero-order chi connectivity index (χ0) is 25.3. The van der Waals surface area contributed by atoms with Crippen molar-refractivity contribution >= 4 is 11.9 Å². The molecule has 0 spiro atoms. The topological polar surface area (TPSA) is 52.6 Å². The van der Waals surface area contributed by atoms with E-state index in [4.69, 9.17) is 22.3 Å². The minimum atomic E-state index is -0.522. The van der Waals surface area contributed by atoms with Gasteiger partial charge in [0.25, 0.3) is 0 Å². The molecule has 0 heterocycles. The average Bonchev–Trinajstić information content (AvgIpc) is 2.82. The minimum Gasteiger partial charge on any atom is -0.459 e. The number of carbonyl (C=O) groups is 2. The Hall–Kier alpha value is -2.72. The van der Waals surface area contributed by atoms with E-state index in [2.05, 4.69) is 25.7 Å². The number of unbranched alkanes of at least 4 members (excludes halogenated alkanes) is 8. The zero-order valence-corrected chi connectivity index (χ0v) is 21.6. The summed E-state index contributed by atoms with van der Waals surface area (Å²) in [5.74, 6) is 3.94. The Balaban J connectivity index is 2.81. The van der Waals surface area contributed by atoms with Crippen LogP contribution in [-0.2, 0) is 9.47 Å². The van der Waals surface area contributed by atoms with E-state index in [1.54, 1.807) is 0 Å². The summed E-state index contributed by atoms with van der Waals surface area (Å²) in [5, 5.41) is 0. The number of carbonyl (C=O) groups excluding carboxylic acids is 2. The lowest BCUT2D eigenvalue weighted by Gasteiger charge is -2.16. The maximum Gasteiger partial charge on any atom is 0.339 e. The van der Waals surface area contributed by atoms with Crippen molar-refractivity contribution in [3.05, 3.63) is 34.4 Å². The monoisotopic (exact) mass is 466 g/mol. The largest absolute Gasteiger partial charge is 0.459 e. The van der Waals surface area contributed by atoms with Crippen LogP contribution in [0.2, 0.25) is 0 Å². The predicted octanol–water partition coefficient (Wildman–Crippen LogP) is 7.46. The molecule has 0 radical (unpaired) electrons. The molecule has 0 saturated heterocycles. The standard InChI is InChI=1S/C30H42O4/c1-7-11-13-15-17-19-23(5)33-29(31)27-21-26(10-4)28(22-25(27)9-3)30(32)34-24(6)20-18-16-14-12-8-2/h3-4,21-24H,7-8,11-20H2,1-2,5-6H3. The molecule has 0 aliphatic heterocycles. The fraction of sp³-hybridized carbons (Fsp3) is 0.600. The van der Waals surface area contributed by atoms with Crippen LogP contribution in [0.4, 0.5) is 0 Å². The van der Waals surface area contributed by atoms with Gasteiger partial charge in [0.05, 0.1) is 23.3 Å². The summed E-state index contributed by atoms with van der Waals surface area (Å²) in [5.41, 5.74) is 0.958. The third-order valence-electron chi connectivity index (χ3n) is 5.95. The van der Waals surface area contributed by atoms with E-state index >= 15 is 0 Å². The highest BCUT2D eigenvalue weighted by atomic mass is 16.5. The quantitative estimate of drug-likeness (QED) is 0.144. The van der Waals surface area contributed by atoms with Gasteiger partial charge in [-0.25, -0.2) is 9.59 Å². The van der Waals surface area contributed by atoms with Gasteiger partial charge < -0.3 is 9.47 Å². The van der Waals surface area contributed by atoms with Gasteiger partial charge in [0.2, 0.25) is 0 Å². The van der Waals surface area contributed by atoms with Crippen LogP contribution >= 0.6 is 0 Å². The van der Waals surface area contributed by atoms with E-state index in [0.717, 1.165) is 38.5 Å². The number of terminal acetylenes is 2. The van der Waals surface area contributed by atoms with Crippen molar-refractivity contribution in [1.29, 1.82) is 0 Å². The molecule has 1 rings (SSSR count). The molecular weight excluding hydrogens is 424 g/mol. The Morgan fingerprint density at radius 1 is 0.706 bits per heavy atom. The van der Waals surface area contributed by atoms with Crippen LogP contribution in [0.15, 0.2) is 12.1 Å². The van der Waals surface area contributed by atoms with Gasteiger partial charge in [-0.2, -0.15) is 0 Å². The van der Waals surface area contributed by atoms with E-state index in [1.807, 2.05) is 13.8 Å². The van der Waals surface area contributed by atoms with Crippen molar-refractivity contribution in [2.75, 3.05) is 0 Å². The lowest BCUT2D eigenvalue weighted by atomic mass is 9.98. The van der Waals surface area contributed by atoms with E-state index in [9.17, 15) is 9.59 Å². The Morgan fingerprint density at radius 2 is 1.06 bits per heavy atom. The van der Waals surface area contributed by atoms with Crippen LogP contribution in [0.1, 0.15) is 137 Å². The highest BCUT2D eigenvalue weighted by molar-refractivity contribution is 5.98. The van der Waals surface area contributed by atoms with Crippen LogP contribution < -0.4 is 0 Å². The van der Waals surface area contributed by atoms with Gasteiger partial charge in [-0.1, -0.05) is 77.1 Å². The number of benzene rings is 1. The summed E-state index contributed by atoms with van der Waals surface area (Å²) in [6, 6.07) is 2.94. The molecule has 0 fully saturated rings. The fourth-order valence-corrected chi connectivity index (χ4v) is 3.86. The third kappa shape index (κ3) is 10.5. The maximum atomic E-state index is 12.8. The molecule has 0 N–H and O–H groups in total. The Morgan fingerprint density at radius 3 is 1.38 bits per heavy atom. The molecule has 2 unspecified atom stereocenters. The van der Waals surface area contributed by atoms with Gasteiger partial charge in [-0.3, -0.25) is 0 Å². The van der Waals surface area contributed by atoms with E-state index in [-0.39, 0.29) is 34.5 Å². The molecule has 1 aromatic rings. The van der Waals surface area contributed by atoms with Crippen molar-refractivity contribution in [3.63, 3.8) is 0 Å². The molecule has 4 heteroatoms. The highest BCUT2D eigenvalue weighted by Crippen LogP contribution is 2.21. The highest BCUT2D eigenvalue weighted by Gasteiger charge is 2.22. The molecule has 4 nitrogen and oxygen atoms in total. The molecule has 2 atom stereocenters. The van der Waals surface area contributed by atoms with Crippen LogP contribution in [0.3, 0.4) is 0 Å². The number of ether oxygens (including phenoxy) is 2. The van der Waals surface area contributed by atoms with Crippen LogP contribution in [0.5, 0.6) is 0 Å². The first-order chi connectivity index (χ1) is 16.4. The molecule has 0 aliphatic rings.